The Kier molecular flexibility index (Phi) is 4.48. The molecule has 0 aliphatic heterocycles. The van der Waals surface area contributed by atoms with Crippen molar-refractivity contribution in [3.8, 4) is 23.0 Å². The average molecular weight is 389 g/mol. The Labute approximate surface area is 157 Å². The number of furan rings is 1. The van der Waals surface area contributed by atoms with Gasteiger partial charge in [0.1, 0.15) is 16.9 Å². The van der Waals surface area contributed by atoms with Crippen LogP contribution in [0.3, 0.4) is 0 Å². The van der Waals surface area contributed by atoms with Crippen LogP contribution in [0.15, 0.2) is 45.5 Å². The molecule has 1 atom stereocenters. The maximum Gasteiger partial charge on any atom is 0.247 e. The van der Waals surface area contributed by atoms with Gasteiger partial charge in [-0.3, -0.25) is 0 Å². The summed E-state index contributed by atoms with van der Waals surface area (Å²) in [5.74, 6) is 0.309. The largest absolute Gasteiger partial charge is 0.461 e. The Morgan fingerprint density at radius 2 is 2.07 bits per heavy atom. The monoisotopic (exact) mass is 389 g/mol. The summed E-state index contributed by atoms with van der Waals surface area (Å²) in [5.41, 5.74) is -0.0984. The van der Waals surface area contributed by atoms with Gasteiger partial charge >= 0.3 is 0 Å². The van der Waals surface area contributed by atoms with Gasteiger partial charge in [-0.2, -0.15) is 17.6 Å². The van der Waals surface area contributed by atoms with E-state index in [4.69, 9.17) is 8.94 Å². The molecule has 1 aromatic carbocycles. The molecule has 0 aliphatic carbocycles. The van der Waals surface area contributed by atoms with Gasteiger partial charge in [0, 0.05) is 6.54 Å². The van der Waals surface area contributed by atoms with Gasteiger partial charge in [0.15, 0.2) is 17.4 Å². The summed E-state index contributed by atoms with van der Waals surface area (Å²) in [6.07, 6.45) is 1.54. The third-order valence-electron chi connectivity index (χ3n) is 3.93. The highest BCUT2D eigenvalue weighted by atomic mass is 32.1. The van der Waals surface area contributed by atoms with Gasteiger partial charge in [-0.15, -0.1) is 10.2 Å². The van der Waals surface area contributed by atoms with Crippen LogP contribution in [0.1, 0.15) is 23.9 Å². The average Bonchev–Trinajstić information content (AvgIpc) is 3.42. The lowest BCUT2D eigenvalue weighted by Gasteiger charge is -2.08. The molecule has 0 radical (unpaired) electrons. The Morgan fingerprint density at radius 3 is 2.81 bits per heavy atom. The molecule has 4 aromatic rings. The van der Waals surface area contributed by atoms with Gasteiger partial charge in [-0.25, -0.2) is 8.78 Å². The van der Waals surface area contributed by atoms with E-state index in [1.54, 1.807) is 23.0 Å². The van der Waals surface area contributed by atoms with Crippen molar-refractivity contribution in [1.29, 1.82) is 0 Å². The Hall–Kier alpha value is -3.01. The highest BCUT2D eigenvalue weighted by Crippen LogP contribution is 2.31. The highest BCUT2D eigenvalue weighted by Gasteiger charge is 2.26. The van der Waals surface area contributed by atoms with E-state index in [-0.39, 0.29) is 17.3 Å². The van der Waals surface area contributed by atoms with Crippen molar-refractivity contribution in [2.24, 2.45) is 0 Å². The molecule has 0 aliphatic rings. The molecule has 0 amide bonds. The Balaban J connectivity index is 1.69. The molecule has 0 saturated heterocycles. The standard InChI is InChI=1S/C17H13F2N5O2S/c1-2-24-15(12-4-3-7-25-12)21-22-16(24)13(27)17-20-14(23-26-17)10-8-9(18)5-6-11(10)19/h3-8,13,27H,2H2,1H3. The molecule has 0 saturated carbocycles. The van der Waals surface area contributed by atoms with E-state index >= 15 is 0 Å². The molecule has 138 valence electrons. The molecule has 3 heterocycles. The molecule has 10 heteroatoms. The van der Waals surface area contributed by atoms with E-state index in [1.165, 1.54) is 0 Å². The van der Waals surface area contributed by atoms with Gasteiger partial charge in [0.05, 0.1) is 11.8 Å². The normalized spacial score (nSPS) is 12.4. The first kappa shape index (κ1) is 17.4. The number of hydrogen-bond donors (Lipinski definition) is 1. The van der Waals surface area contributed by atoms with Crippen LogP contribution in [0, 0.1) is 11.6 Å². The van der Waals surface area contributed by atoms with Crippen LogP contribution in [0.5, 0.6) is 0 Å². The van der Waals surface area contributed by atoms with Crippen LogP contribution in [-0.4, -0.2) is 24.9 Å². The maximum atomic E-state index is 13.9. The van der Waals surface area contributed by atoms with Crippen molar-refractivity contribution in [3.05, 3.63) is 59.9 Å². The predicted molar refractivity (Wildman–Crippen MR) is 93.9 cm³/mol. The fourth-order valence-corrected chi connectivity index (χ4v) is 2.95. The van der Waals surface area contributed by atoms with Gasteiger partial charge < -0.3 is 13.5 Å². The lowest BCUT2D eigenvalue weighted by atomic mass is 10.2. The fraction of sp³-hybridized carbons (Fsp3) is 0.176. The lowest BCUT2D eigenvalue weighted by molar-refractivity contribution is 0.380. The van der Waals surface area contributed by atoms with Gasteiger partial charge in [0.25, 0.3) is 0 Å². The summed E-state index contributed by atoms with van der Waals surface area (Å²) in [7, 11) is 0. The number of nitrogens with zero attached hydrogens (tertiary/aromatic N) is 5. The van der Waals surface area contributed by atoms with Crippen molar-refractivity contribution in [2.45, 2.75) is 18.7 Å². The minimum Gasteiger partial charge on any atom is -0.461 e. The molecule has 0 spiro atoms. The van der Waals surface area contributed by atoms with Crippen LogP contribution in [0.4, 0.5) is 8.78 Å². The van der Waals surface area contributed by atoms with Gasteiger partial charge in [0.2, 0.25) is 11.7 Å². The van der Waals surface area contributed by atoms with E-state index in [0.29, 0.717) is 24.0 Å². The van der Waals surface area contributed by atoms with Crippen molar-refractivity contribution in [1.82, 2.24) is 24.9 Å². The Bertz CT molecular complexity index is 1080. The predicted octanol–water partition coefficient (Wildman–Crippen LogP) is 3.91. The van der Waals surface area contributed by atoms with Crippen molar-refractivity contribution in [2.75, 3.05) is 0 Å². The number of hydrogen-bond acceptors (Lipinski definition) is 7. The summed E-state index contributed by atoms with van der Waals surface area (Å²) in [4.78, 5) is 4.14. The number of aromatic nitrogens is 5. The highest BCUT2D eigenvalue weighted by molar-refractivity contribution is 7.80. The third-order valence-corrected chi connectivity index (χ3v) is 4.38. The summed E-state index contributed by atoms with van der Waals surface area (Å²) in [6.45, 7) is 2.47. The molecule has 4 rings (SSSR count). The van der Waals surface area contributed by atoms with Crippen LogP contribution >= 0.6 is 12.6 Å². The van der Waals surface area contributed by atoms with Gasteiger partial charge in [-0.05, 0) is 37.3 Å². The van der Waals surface area contributed by atoms with E-state index < -0.39 is 16.9 Å². The van der Waals surface area contributed by atoms with Crippen LogP contribution < -0.4 is 0 Å². The summed E-state index contributed by atoms with van der Waals surface area (Å²) < 4.78 is 39.7. The number of benzene rings is 1. The minimum absolute atomic E-state index is 0.0742. The zero-order chi connectivity index (χ0) is 19.0. The first-order valence-electron chi connectivity index (χ1n) is 8.02. The van der Waals surface area contributed by atoms with Gasteiger partial charge in [-0.1, -0.05) is 5.16 Å². The third kappa shape index (κ3) is 3.12. The summed E-state index contributed by atoms with van der Waals surface area (Å²) >= 11 is 4.50. The molecule has 27 heavy (non-hydrogen) atoms. The second-order valence-electron chi connectivity index (χ2n) is 5.59. The van der Waals surface area contributed by atoms with Crippen LogP contribution in [-0.2, 0) is 6.54 Å². The smallest absolute Gasteiger partial charge is 0.247 e. The first-order valence-corrected chi connectivity index (χ1v) is 8.54. The second-order valence-corrected chi connectivity index (χ2v) is 6.10. The minimum atomic E-state index is -0.709. The van der Waals surface area contributed by atoms with Crippen LogP contribution in [0.2, 0.25) is 0 Å². The quantitative estimate of drug-likeness (QED) is 0.521. The molecular weight excluding hydrogens is 376 g/mol. The SMILES string of the molecule is CCn1c(-c2ccco2)nnc1C(S)c1nc(-c2cc(F)ccc2F)no1. The number of thiol groups is 1. The summed E-state index contributed by atoms with van der Waals surface area (Å²) in [6, 6.07) is 6.54. The van der Waals surface area contributed by atoms with Crippen LogP contribution in [0.25, 0.3) is 23.0 Å². The number of halogens is 2. The molecule has 1 unspecified atom stereocenters. The zero-order valence-electron chi connectivity index (χ0n) is 14.0. The van der Waals surface area contributed by atoms with E-state index in [2.05, 4.69) is 33.0 Å². The Morgan fingerprint density at radius 1 is 1.22 bits per heavy atom. The molecule has 7 nitrogen and oxygen atoms in total. The molecule has 0 N–H and O–H groups in total. The lowest BCUT2D eigenvalue weighted by Crippen LogP contribution is -2.07. The van der Waals surface area contributed by atoms with E-state index in [1.807, 2.05) is 6.92 Å². The zero-order valence-corrected chi connectivity index (χ0v) is 14.9. The summed E-state index contributed by atoms with van der Waals surface area (Å²) in [5, 5.41) is 11.3. The molecular formula is C17H13F2N5O2S. The molecule has 0 bridgehead atoms. The van der Waals surface area contributed by atoms with E-state index in [0.717, 1.165) is 18.2 Å². The number of rotatable bonds is 5. The van der Waals surface area contributed by atoms with Crippen molar-refractivity contribution in [3.63, 3.8) is 0 Å². The maximum absolute atomic E-state index is 13.9. The topological polar surface area (TPSA) is 82.8 Å². The van der Waals surface area contributed by atoms with Crippen molar-refractivity contribution < 1.29 is 17.7 Å². The molecule has 0 fully saturated rings. The van der Waals surface area contributed by atoms with E-state index in [9.17, 15) is 8.78 Å². The first-order chi connectivity index (χ1) is 13.1. The fourth-order valence-electron chi connectivity index (χ4n) is 2.65. The molecule has 3 aromatic heterocycles. The van der Waals surface area contributed by atoms with Crippen molar-refractivity contribution >= 4 is 12.6 Å². The second kappa shape index (κ2) is 6.95.